The van der Waals surface area contributed by atoms with E-state index in [4.69, 9.17) is 28.9 Å². The average Bonchev–Trinajstić information content (AvgIpc) is 2.84. The lowest BCUT2D eigenvalue weighted by Gasteiger charge is -2.12. The number of carbonyl (C=O) groups excluding carboxylic acids is 1. The summed E-state index contributed by atoms with van der Waals surface area (Å²) < 4.78 is 0. The van der Waals surface area contributed by atoms with Crippen LogP contribution >= 0.6 is 35.0 Å². The molecule has 1 amide bonds. The first-order valence-electron chi connectivity index (χ1n) is 6.22. The number of carbonyl (C=O) groups is 1. The molecule has 3 nitrogen and oxygen atoms in total. The smallest absolute Gasteiger partial charge is 0.234 e. The number of hydrogen-bond acceptors (Lipinski definition) is 3. The van der Waals surface area contributed by atoms with Crippen molar-refractivity contribution in [3.8, 4) is 0 Å². The molecule has 0 aromatic heterocycles. The maximum absolute atomic E-state index is 11.9. The van der Waals surface area contributed by atoms with E-state index in [1.807, 2.05) is 0 Å². The van der Waals surface area contributed by atoms with Gasteiger partial charge in [-0.2, -0.15) is 0 Å². The standard InChI is InChI=1S/C13H16Cl2N2OS/c14-8-5-10(15)13(11(16)6-8)17-12(18)7-19-9-3-1-2-4-9/h5-6,9H,1-4,7,16H2,(H,17,18). The van der Waals surface area contributed by atoms with Crippen molar-refractivity contribution < 1.29 is 4.79 Å². The van der Waals surface area contributed by atoms with Crippen LogP contribution in [-0.4, -0.2) is 16.9 Å². The summed E-state index contributed by atoms with van der Waals surface area (Å²) >= 11 is 13.5. The van der Waals surface area contributed by atoms with Gasteiger partial charge in [-0.3, -0.25) is 4.79 Å². The van der Waals surface area contributed by atoms with Gasteiger partial charge >= 0.3 is 0 Å². The molecule has 0 radical (unpaired) electrons. The van der Waals surface area contributed by atoms with Crippen molar-refractivity contribution in [2.75, 3.05) is 16.8 Å². The Labute approximate surface area is 127 Å². The summed E-state index contributed by atoms with van der Waals surface area (Å²) in [7, 11) is 0. The van der Waals surface area contributed by atoms with E-state index in [-0.39, 0.29) is 5.91 Å². The van der Waals surface area contributed by atoms with Gasteiger partial charge in [0, 0.05) is 10.3 Å². The fourth-order valence-electron chi connectivity index (χ4n) is 2.15. The highest BCUT2D eigenvalue weighted by molar-refractivity contribution is 8.00. The second-order valence-electron chi connectivity index (χ2n) is 4.62. The molecular formula is C13H16Cl2N2OS. The second kappa shape index (κ2) is 6.73. The summed E-state index contributed by atoms with van der Waals surface area (Å²) in [6, 6.07) is 3.15. The third-order valence-electron chi connectivity index (χ3n) is 3.10. The van der Waals surface area contributed by atoms with E-state index >= 15 is 0 Å². The number of halogens is 2. The lowest BCUT2D eigenvalue weighted by molar-refractivity contribution is -0.113. The van der Waals surface area contributed by atoms with Crippen LogP contribution in [0.2, 0.25) is 10.0 Å². The number of benzene rings is 1. The number of nitrogens with one attached hydrogen (secondary N) is 1. The van der Waals surface area contributed by atoms with Gasteiger partial charge in [0.1, 0.15) is 0 Å². The molecule has 104 valence electrons. The zero-order valence-corrected chi connectivity index (χ0v) is 12.7. The van der Waals surface area contributed by atoms with Crippen molar-refractivity contribution in [1.29, 1.82) is 0 Å². The normalized spacial score (nSPS) is 15.7. The third-order valence-corrected chi connectivity index (χ3v) is 4.99. The summed E-state index contributed by atoms with van der Waals surface area (Å²) in [5.74, 6) is 0.358. The Hall–Kier alpha value is -0.580. The van der Waals surface area contributed by atoms with Gasteiger partial charge in [0.2, 0.25) is 5.91 Å². The molecule has 0 aliphatic heterocycles. The molecule has 0 atom stereocenters. The molecule has 1 aliphatic carbocycles. The molecule has 1 saturated carbocycles. The summed E-state index contributed by atoms with van der Waals surface area (Å²) in [6.07, 6.45) is 4.97. The molecule has 0 bridgehead atoms. The van der Waals surface area contributed by atoms with Crippen LogP contribution in [0.1, 0.15) is 25.7 Å². The molecule has 19 heavy (non-hydrogen) atoms. The topological polar surface area (TPSA) is 55.1 Å². The SMILES string of the molecule is Nc1cc(Cl)cc(Cl)c1NC(=O)CSC1CCCC1. The third kappa shape index (κ3) is 4.20. The van der Waals surface area contributed by atoms with E-state index in [1.165, 1.54) is 25.7 Å². The van der Waals surface area contributed by atoms with Crippen molar-refractivity contribution in [3.05, 3.63) is 22.2 Å². The van der Waals surface area contributed by atoms with E-state index < -0.39 is 0 Å². The molecule has 6 heteroatoms. The Kier molecular flexibility index (Phi) is 5.25. The number of nitrogen functional groups attached to an aromatic ring is 1. The van der Waals surface area contributed by atoms with Gasteiger partial charge in [-0.05, 0) is 25.0 Å². The molecule has 2 rings (SSSR count). The highest BCUT2D eigenvalue weighted by atomic mass is 35.5. The van der Waals surface area contributed by atoms with Crippen LogP contribution in [0, 0.1) is 0 Å². The number of anilines is 2. The van der Waals surface area contributed by atoms with Gasteiger partial charge in [-0.1, -0.05) is 36.0 Å². The molecule has 1 aromatic carbocycles. The molecule has 0 spiro atoms. The first-order chi connectivity index (χ1) is 9.06. The predicted octanol–water partition coefficient (Wildman–Crippen LogP) is 4.19. The molecular weight excluding hydrogens is 303 g/mol. The molecule has 1 fully saturated rings. The number of nitrogens with two attached hydrogens (primary N) is 1. The van der Waals surface area contributed by atoms with E-state index in [2.05, 4.69) is 5.32 Å². The van der Waals surface area contributed by atoms with Gasteiger partial charge in [0.15, 0.2) is 0 Å². The average molecular weight is 319 g/mol. The first-order valence-corrected chi connectivity index (χ1v) is 8.02. The maximum Gasteiger partial charge on any atom is 0.234 e. The van der Waals surface area contributed by atoms with Crippen LogP contribution in [0.3, 0.4) is 0 Å². The molecule has 3 N–H and O–H groups in total. The van der Waals surface area contributed by atoms with E-state index in [0.717, 1.165) is 0 Å². The quantitative estimate of drug-likeness (QED) is 0.818. The van der Waals surface area contributed by atoms with Crippen LogP contribution in [0.15, 0.2) is 12.1 Å². The Bertz CT molecular complexity index is 453. The monoisotopic (exact) mass is 318 g/mol. The van der Waals surface area contributed by atoms with E-state index in [0.29, 0.717) is 32.4 Å². The Balaban J connectivity index is 1.91. The zero-order valence-electron chi connectivity index (χ0n) is 10.4. The van der Waals surface area contributed by atoms with Crippen LogP contribution in [0.5, 0.6) is 0 Å². The number of rotatable bonds is 4. The minimum Gasteiger partial charge on any atom is -0.397 e. The zero-order chi connectivity index (χ0) is 13.8. The minimum absolute atomic E-state index is 0.0761. The Morgan fingerprint density at radius 2 is 2.05 bits per heavy atom. The van der Waals surface area contributed by atoms with Gasteiger partial charge in [-0.15, -0.1) is 11.8 Å². The van der Waals surface area contributed by atoms with E-state index in [9.17, 15) is 4.79 Å². The van der Waals surface area contributed by atoms with Crippen molar-refractivity contribution in [2.45, 2.75) is 30.9 Å². The van der Waals surface area contributed by atoms with Crippen molar-refractivity contribution in [2.24, 2.45) is 0 Å². The van der Waals surface area contributed by atoms with Crippen LogP contribution in [0.4, 0.5) is 11.4 Å². The Morgan fingerprint density at radius 3 is 2.68 bits per heavy atom. The molecule has 0 unspecified atom stereocenters. The number of amides is 1. The largest absolute Gasteiger partial charge is 0.397 e. The molecule has 1 aromatic rings. The summed E-state index contributed by atoms with van der Waals surface area (Å²) in [5, 5.41) is 4.19. The van der Waals surface area contributed by atoms with E-state index in [1.54, 1.807) is 23.9 Å². The lowest BCUT2D eigenvalue weighted by atomic mass is 10.2. The van der Waals surface area contributed by atoms with Crippen molar-refractivity contribution in [3.63, 3.8) is 0 Å². The van der Waals surface area contributed by atoms with Crippen LogP contribution in [-0.2, 0) is 4.79 Å². The highest BCUT2D eigenvalue weighted by Crippen LogP contribution is 2.33. The van der Waals surface area contributed by atoms with Gasteiger partial charge in [0.05, 0.1) is 22.2 Å². The van der Waals surface area contributed by atoms with Crippen molar-refractivity contribution in [1.82, 2.24) is 0 Å². The summed E-state index contributed by atoms with van der Waals surface area (Å²) in [6.45, 7) is 0. The summed E-state index contributed by atoms with van der Waals surface area (Å²) in [5.41, 5.74) is 6.63. The summed E-state index contributed by atoms with van der Waals surface area (Å²) in [4.78, 5) is 11.9. The van der Waals surface area contributed by atoms with Gasteiger partial charge in [-0.25, -0.2) is 0 Å². The highest BCUT2D eigenvalue weighted by Gasteiger charge is 2.17. The molecule has 0 saturated heterocycles. The number of hydrogen-bond donors (Lipinski definition) is 2. The fraction of sp³-hybridized carbons (Fsp3) is 0.462. The van der Waals surface area contributed by atoms with Crippen molar-refractivity contribution >= 4 is 52.2 Å². The Morgan fingerprint density at radius 1 is 1.37 bits per heavy atom. The van der Waals surface area contributed by atoms with Crippen LogP contribution in [0.25, 0.3) is 0 Å². The first kappa shape index (κ1) is 14.8. The fourth-order valence-corrected chi connectivity index (χ4v) is 3.83. The van der Waals surface area contributed by atoms with Gasteiger partial charge < -0.3 is 11.1 Å². The molecule has 1 aliphatic rings. The predicted molar refractivity (Wildman–Crippen MR) is 84.2 cm³/mol. The lowest BCUT2D eigenvalue weighted by Crippen LogP contribution is -2.17. The number of thioether (sulfide) groups is 1. The molecule has 0 heterocycles. The maximum atomic E-state index is 11.9. The minimum atomic E-state index is -0.0761. The van der Waals surface area contributed by atoms with Crippen LogP contribution < -0.4 is 11.1 Å². The van der Waals surface area contributed by atoms with Gasteiger partial charge in [0.25, 0.3) is 0 Å². The second-order valence-corrected chi connectivity index (χ2v) is 6.75.